The molecule has 1 amide bonds. The number of rotatable bonds is 8. The summed E-state index contributed by atoms with van der Waals surface area (Å²) in [6.45, 7) is 2.42. The summed E-state index contributed by atoms with van der Waals surface area (Å²) in [6.07, 6.45) is 2.18. The number of benzene rings is 4. The van der Waals surface area contributed by atoms with Gasteiger partial charge in [-0.25, -0.2) is 9.18 Å². The minimum Gasteiger partial charge on any atom is -0.494 e. The molecule has 42 heavy (non-hydrogen) atoms. The molecular weight excluding hydrogens is 533 g/mol. The van der Waals surface area contributed by atoms with Crippen LogP contribution in [0.25, 0.3) is 21.7 Å². The van der Waals surface area contributed by atoms with Gasteiger partial charge in [0.05, 0.1) is 17.3 Å². The fourth-order valence-electron chi connectivity index (χ4n) is 5.08. The Labute approximate surface area is 241 Å². The molecule has 0 fully saturated rings. The van der Waals surface area contributed by atoms with Crippen molar-refractivity contribution in [2.75, 3.05) is 6.54 Å². The third kappa shape index (κ3) is 5.22. The summed E-state index contributed by atoms with van der Waals surface area (Å²) in [7, 11) is 0. The Hall–Kier alpha value is -5.37. The molecule has 6 rings (SSSR count). The second-order valence-electron chi connectivity index (χ2n) is 9.79. The standard InChI is InChI=1S/C34H28FN3O4/c1-2-36-34(40)42-31-26-14-9-19-37-29(26)32(41-30(23-10-5-3-6-11-23)24-12-7-4-8-13-24)28-27(31)21-38(33(28)39)20-22-15-17-25(35)18-16-22/h3-19,21,30,39H,2,20H2,1H3,(H,36,40). The van der Waals surface area contributed by atoms with Crippen molar-refractivity contribution in [3.8, 4) is 17.4 Å². The van der Waals surface area contributed by atoms with E-state index in [2.05, 4.69) is 10.3 Å². The number of carbonyl (C=O) groups excluding carboxylic acids is 1. The number of nitrogens with one attached hydrogen (secondary N) is 1. The molecule has 0 bridgehead atoms. The molecule has 2 N–H and O–H groups in total. The zero-order valence-electron chi connectivity index (χ0n) is 22.8. The van der Waals surface area contributed by atoms with Gasteiger partial charge < -0.3 is 24.5 Å². The van der Waals surface area contributed by atoms with Crippen LogP contribution in [0.5, 0.6) is 17.4 Å². The summed E-state index contributed by atoms with van der Waals surface area (Å²) in [5.74, 6) is 0.143. The van der Waals surface area contributed by atoms with E-state index in [4.69, 9.17) is 9.47 Å². The van der Waals surface area contributed by atoms with Gasteiger partial charge in [-0.1, -0.05) is 72.8 Å². The normalized spacial score (nSPS) is 11.2. The van der Waals surface area contributed by atoms with E-state index < -0.39 is 12.2 Å². The molecule has 0 saturated heterocycles. The Morgan fingerprint density at radius 2 is 1.57 bits per heavy atom. The van der Waals surface area contributed by atoms with Gasteiger partial charge in [-0.2, -0.15) is 0 Å². The van der Waals surface area contributed by atoms with Crippen LogP contribution in [0.4, 0.5) is 9.18 Å². The highest BCUT2D eigenvalue weighted by Crippen LogP contribution is 2.48. The van der Waals surface area contributed by atoms with E-state index in [1.807, 2.05) is 60.7 Å². The Morgan fingerprint density at radius 3 is 2.21 bits per heavy atom. The van der Waals surface area contributed by atoms with Crippen LogP contribution in [-0.2, 0) is 6.54 Å². The summed E-state index contributed by atoms with van der Waals surface area (Å²) in [5, 5.41) is 15.7. The zero-order chi connectivity index (χ0) is 29.1. The lowest BCUT2D eigenvalue weighted by Gasteiger charge is -2.22. The molecule has 0 aliphatic heterocycles. The van der Waals surface area contributed by atoms with Crippen molar-refractivity contribution in [2.24, 2.45) is 0 Å². The fraction of sp³-hybridized carbons (Fsp3) is 0.118. The summed E-state index contributed by atoms with van der Waals surface area (Å²) >= 11 is 0. The van der Waals surface area contributed by atoms with Crippen LogP contribution in [0.2, 0.25) is 0 Å². The van der Waals surface area contributed by atoms with Crippen LogP contribution in [0.15, 0.2) is 109 Å². The molecule has 0 radical (unpaired) electrons. The number of pyridine rings is 1. The van der Waals surface area contributed by atoms with Crippen molar-refractivity contribution >= 4 is 27.8 Å². The number of hydrogen-bond donors (Lipinski definition) is 2. The van der Waals surface area contributed by atoms with E-state index >= 15 is 0 Å². The molecular formula is C34H28FN3O4. The highest BCUT2D eigenvalue weighted by atomic mass is 19.1. The van der Waals surface area contributed by atoms with E-state index in [0.717, 1.165) is 16.7 Å². The van der Waals surface area contributed by atoms with Crippen molar-refractivity contribution < 1.29 is 23.8 Å². The van der Waals surface area contributed by atoms with E-state index in [1.165, 1.54) is 12.1 Å². The largest absolute Gasteiger partial charge is 0.494 e. The molecule has 6 aromatic rings. The Bertz CT molecular complexity index is 1820. The molecule has 0 spiro atoms. The van der Waals surface area contributed by atoms with Crippen LogP contribution >= 0.6 is 0 Å². The maximum atomic E-state index is 13.6. The fourth-order valence-corrected chi connectivity index (χ4v) is 5.08. The highest BCUT2D eigenvalue weighted by molar-refractivity contribution is 6.12. The van der Waals surface area contributed by atoms with E-state index in [0.29, 0.717) is 34.0 Å². The molecule has 2 heterocycles. The number of aromatic hydroxyl groups is 1. The van der Waals surface area contributed by atoms with Crippen LogP contribution in [0, 0.1) is 5.82 Å². The molecule has 7 nitrogen and oxygen atoms in total. The van der Waals surface area contributed by atoms with Gasteiger partial charge in [-0.05, 0) is 47.9 Å². The van der Waals surface area contributed by atoms with E-state index in [9.17, 15) is 14.3 Å². The zero-order valence-corrected chi connectivity index (χ0v) is 22.8. The first-order valence-electron chi connectivity index (χ1n) is 13.6. The van der Waals surface area contributed by atoms with Gasteiger partial charge in [0.1, 0.15) is 17.4 Å². The number of halogens is 1. The summed E-state index contributed by atoms with van der Waals surface area (Å²) in [6, 6.07) is 29.2. The van der Waals surface area contributed by atoms with Crippen LogP contribution in [-0.4, -0.2) is 27.3 Å². The predicted octanol–water partition coefficient (Wildman–Crippen LogP) is 7.36. The van der Waals surface area contributed by atoms with Crippen LogP contribution in [0.1, 0.15) is 29.7 Å². The first-order chi connectivity index (χ1) is 20.5. The maximum absolute atomic E-state index is 13.6. The van der Waals surface area contributed by atoms with Crippen molar-refractivity contribution in [1.82, 2.24) is 14.9 Å². The van der Waals surface area contributed by atoms with Gasteiger partial charge in [-0.3, -0.25) is 4.98 Å². The number of fused-ring (bicyclic) bond motifs is 2. The molecule has 4 aromatic carbocycles. The second-order valence-corrected chi connectivity index (χ2v) is 9.79. The smallest absolute Gasteiger partial charge is 0.412 e. The van der Waals surface area contributed by atoms with Crippen LogP contribution < -0.4 is 14.8 Å². The van der Waals surface area contributed by atoms with Gasteiger partial charge >= 0.3 is 6.09 Å². The third-order valence-corrected chi connectivity index (χ3v) is 7.01. The Balaban J connectivity index is 1.59. The molecule has 0 atom stereocenters. The first-order valence-corrected chi connectivity index (χ1v) is 13.6. The molecule has 0 aliphatic carbocycles. The minimum absolute atomic E-state index is 0.0995. The average molecular weight is 562 g/mol. The molecule has 2 aromatic heterocycles. The van der Waals surface area contributed by atoms with Crippen molar-refractivity contribution in [3.05, 3.63) is 132 Å². The third-order valence-electron chi connectivity index (χ3n) is 7.01. The van der Waals surface area contributed by atoms with Crippen molar-refractivity contribution in [1.29, 1.82) is 0 Å². The van der Waals surface area contributed by atoms with E-state index in [1.54, 1.807) is 48.1 Å². The average Bonchev–Trinajstić information content (AvgIpc) is 3.34. The first kappa shape index (κ1) is 26.8. The highest BCUT2D eigenvalue weighted by Gasteiger charge is 2.27. The summed E-state index contributed by atoms with van der Waals surface area (Å²) in [5.41, 5.74) is 3.02. The number of nitrogens with zero attached hydrogens (tertiary/aromatic N) is 2. The maximum Gasteiger partial charge on any atom is 0.412 e. The van der Waals surface area contributed by atoms with Crippen molar-refractivity contribution in [3.63, 3.8) is 0 Å². The quantitative estimate of drug-likeness (QED) is 0.203. The number of aromatic nitrogens is 2. The van der Waals surface area contributed by atoms with Gasteiger partial charge in [-0.15, -0.1) is 0 Å². The predicted molar refractivity (Wildman–Crippen MR) is 159 cm³/mol. The number of amides is 1. The van der Waals surface area contributed by atoms with Gasteiger partial charge in [0.2, 0.25) is 5.88 Å². The Morgan fingerprint density at radius 1 is 0.905 bits per heavy atom. The number of carbonyl (C=O) groups is 1. The molecule has 0 aliphatic rings. The summed E-state index contributed by atoms with van der Waals surface area (Å²) in [4.78, 5) is 17.3. The van der Waals surface area contributed by atoms with Gasteiger partial charge in [0.15, 0.2) is 11.5 Å². The minimum atomic E-state index is -0.630. The van der Waals surface area contributed by atoms with Gasteiger partial charge in [0.25, 0.3) is 0 Å². The van der Waals surface area contributed by atoms with Crippen LogP contribution in [0.3, 0.4) is 0 Å². The summed E-state index contributed by atoms with van der Waals surface area (Å²) < 4.78 is 27.9. The SMILES string of the molecule is CCNC(=O)Oc1c2cccnc2c(OC(c2ccccc2)c2ccccc2)c2c(O)n(Cc3ccc(F)cc3)cc12. The molecule has 210 valence electrons. The number of ether oxygens (including phenoxy) is 2. The lowest BCUT2D eigenvalue weighted by molar-refractivity contribution is 0.202. The molecule has 0 saturated carbocycles. The number of hydrogen-bond acceptors (Lipinski definition) is 5. The molecule has 8 heteroatoms. The topological polar surface area (TPSA) is 85.6 Å². The second kappa shape index (κ2) is 11.6. The van der Waals surface area contributed by atoms with Crippen molar-refractivity contribution in [2.45, 2.75) is 19.6 Å². The lowest BCUT2D eigenvalue weighted by Crippen LogP contribution is -2.26. The van der Waals surface area contributed by atoms with Gasteiger partial charge in [0, 0.05) is 24.3 Å². The molecule has 0 unspecified atom stereocenters. The monoisotopic (exact) mass is 561 g/mol. The lowest BCUT2D eigenvalue weighted by atomic mass is 10.0. The Kier molecular flexibility index (Phi) is 7.43. The van der Waals surface area contributed by atoms with E-state index in [-0.39, 0.29) is 24.0 Å².